The van der Waals surface area contributed by atoms with Gasteiger partial charge in [-0.05, 0) is 7.05 Å². The Balaban J connectivity index is 1.98. The van der Waals surface area contributed by atoms with E-state index in [0.717, 1.165) is 26.2 Å². The van der Waals surface area contributed by atoms with Gasteiger partial charge in [0, 0.05) is 31.7 Å². The molecule has 2 atom stereocenters. The fourth-order valence-corrected chi connectivity index (χ4v) is 2.47. The molecule has 5 nitrogen and oxygen atoms in total. The van der Waals surface area contributed by atoms with Gasteiger partial charge in [-0.3, -0.25) is 9.69 Å². The molecule has 86 valence electrons. The van der Waals surface area contributed by atoms with Crippen molar-refractivity contribution in [3.63, 3.8) is 0 Å². The highest BCUT2D eigenvalue weighted by Gasteiger charge is 2.35. The summed E-state index contributed by atoms with van der Waals surface area (Å²) in [6.45, 7) is 4.26. The summed E-state index contributed by atoms with van der Waals surface area (Å²) >= 11 is 0. The van der Waals surface area contributed by atoms with E-state index >= 15 is 0 Å². The number of fused-ring (bicyclic) bond motifs is 1. The van der Waals surface area contributed by atoms with Crippen LogP contribution in [0.25, 0.3) is 0 Å². The zero-order valence-electron chi connectivity index (χ0n) is 9.06. The SMILES string of the molecule is CN1CCN2C(CC(=O)O)COCC2C1. The molecule has 0 aromatic carbocycles. The molecule has 0 radical (unpaired) electrons. The third-order valence-corrected chi connectivity index (χ3v) is 3.23. The number of likely N-dealkylation sites (N-methyl/N-ethyl adjacent to an activating group) is 1. The summed E-state index contributed by atoms with van der Waals surface area (Å²) in [6.07, 6.45) is 0.195. The van der Waals surface area contributed by atoms with Crippen molar-refractivity contribution in [2.24, 2.45) is 0 Å². The van der Waals surface area contributed by atoms with Crippen LogP contribution < -0.4 is 0 Å². The van der Waals surface area contributed by atoms with Crippen LogP contribution in [0.3, 0.4) is 0 Å². The van der Waals surface area contributed by atoms with Crippen LogP contribution >= 0.6 is 0 Å². The number of ether oxygens (including phenoxy) is 1. The van der Waals surface area contributed by atoms with Crippen LogP contribution in [0.5, 0.6) is 0 Å². The van der Waals surface area contributed by atoms with Crippen molar-refractivity contribution < 1.29 is 14.6 Å². The van der Waals surface area contributed by atoms with Crippen LogP contribution in [0.1, 0.15) is 6.42 Å². The molecule has 2 saturated heterocycles. The average Bonchev–Trinajstić information content (AvgIpc) is 2.16. The topological polar surface area (TPSA) is 53.0 Å². The molecule has 2 aliphatic rings. The summed E-state index contributed by atoms with van der Waals surface area (Å²) in [6, 6.07) is 0.441. The molecule has 2 fully saturated rings. The molecule has 0 spiro atoms. The Labute approximate surface area is 89.6 Å². The van der Waals surface area contributed by atoms with E-state index in [9.17, 15) is 4.79 Å². The summed E-state index contributed by atoms with van der Waals surface area (Å²) in [5, 5.41) is 8.82. The zero-order valence-corrected chi connectivity index (χ0v) is 9.06. The van der Waals surface area contributed by atoms with Crippen molar-refractivity contribution in [2.45, 2.75) is 18.5 Å². The Morgan fingerprint density at radius 3 is 3.00 bits per heavy atom. The summed E-state index contributed by atoms with van der Waals surface area (Å²) < 4.78 is 5.47. The summed E-state index contributed by atoms with van der Waals surface area (Å²) in [7, 11) is 2.10. The number of hydrogen-bond donors (Lipinski definition) is 1. The first-order valence-electron chi connectivity index (χ1n) is 5.40. The average molecular weight is 214 g/mol. The first kappa shape index (κ1) is 10.9. The molecule has 5 heteroatoms. The summed E-state index contributed by atoms with van der Waals surface area (Å²) in [5.74, 6) is -0.733. The van der Waals surface area contributed by atoms with E-state index in [4.69, 9.17) is 9.84 Å². The second-order valence-corrected chi connectivity index (χ2v) is 4.44. The first-order valence-corrected chi connectivity index (χ1v) is 5.40. The smallest absolute Gasteiger partial charge is 0.305 e. The van der Waals surface area contributed by atoms with Crippen LogP contribution in [-0.4, -0.2) is 72.9 Å². The molecule has 2 heterocycles. The van der Waals surface area contributed by atoms with Crippen LogP contribution in [0.2, 0.25) is 0 Å². The molecular formula is C10H18N2O3. The van der Waals surface area contributed by atoms with Crippen LogP contribution in [-0.2, 0) is 9.53 Å². The maximum atomic E-state index is 10.7. The molecule has 2 unspecified atom stereocenters. The van der Waals surface area contributed by atoms with E-state index in [2.05, 4.69) is 16.8 Å². The molecule has 0 aliphatic carbocycles. The van der Waals surface area contributed by atoms with Crippen molar-refractivity contribution in [1.82, 2.24) is 9.80 Å². The van der Waals surface area contributed by atoms with E-state index in [1.165, 1.54) is 0 Å². The Kier molecular flexibility index (Phi) is 3.23. The number of piperazine rings is 1. The molecule has 15 heavy (non-hydrogen) atoms. The predicted molar refractivity (Wildman–Crippen MR) is 54.9 cm³/mol. The predicted octanol–water partition coefficient (Wildman–Crippen LogP) is -0.524. The Hall–Kier alpha value is -0.650. The van der Waals surface area contributed by atoms with E-state index < -0.39 is 5.97 Å². The minimum Gasteiger partial charge on any atom is -0.481 e. The number of nitrogens with zero attached hydrogens (tertiary/aromatic N) is 2. The van der Waals surface area contributed by atoms with Crippen molar-refractivity contribution in [3.8, 4) is 0 Å². The van der Waals surface area contributed by atoms with Gasteiger partial charge < -0.3 is 14.7 Å². The number of carboxylic acids is 1. The van der Waals surface area contributed by atoms with Crippen LogP contribution in [0.15, 0.2) is 0 Å². The highest BCUT2D eigenvalue weighted by molar-refractivity contribution is 5.67. The molecule has 2 aliphatic heterocycles. The normalized spacial score (nSPS) is 33.7. The van der Waals surface area contributed by atoms with Gasteiger partial charge in [-0.1, -0.05) is 0 Å². The van der Waals surface area contributed by atoms with Crippen molar-refractivity contribution in [3.05, 3.63) is 0 Å². The molecule has 2 rings (SSSR count). The van der Waals surface area contributed by atoms with Crippen LogP contribution in [0.4, 0.5) is 0 Å². The van der Waals surface area contributed by atoms with Gasteiger partial charge in [-0.25, -0.2) is 0 Å². The van der Waals surface area contributed by atoms with Gasteiger partial charge >= 0.3 is 5.97 Å². The fourth-order valence-electron chi connectivity index (χ4n) is 2.47. The number of carboxylic acid groups (broad SMARTS) is 1. The number of rotatable bonds is 2. The minimum atomic E-state index is -0.733. The largest absolute Gasteiger partial charge is 0.481 e. The van der Waals surface area contributed by atoms with Gasteiger partial charge in [0.2, 0.25) is 0 Å². The molecule has 0 amide bonds. The van der Waals surface area contributed by atoms with Gasteiger partial charge in [0.25, 0.3) is 0 Å². The molecule has 0 aromatic rings. The zero-order chi connectivity index (χ0) is 10.8. The van der Waals surface area contributed by atoms with E-state index in [1.807, 2.05) is 0 Å². The summed E-state index contributed by atoms with van der Waals surface area (Å²) in [4.78, 5) is 15.3. The molecule has 0 saturated carbocycles. The lowest BCUT2D eigenvalue weighted by atomic mass is 10.0. The second-order valence-electron chi connectivity index (χ2n) is 4.44. The van der Waals surface area contributed by atoms with Gasteiger partial charge in [0.05, 0.1) is 19.6 Å². The number of morpholine rings is 1. The third-order valence-electron chi connectivity index (χ3n) is 3.23. The highest BCUT2D eigenvalue weighted by atomic mass is 16.5. The van der Waals surface area contributed by atoms with Crippen molar-refractivity contribution >= 4 is 5.97 Å². The quantitative estimate of drug-likeness (QED) is 0.670. The Bertz CT molecular complexity index is 247. The lowest BCUT2D eigenvalue weighted by Gasteiger charge is -2.46. The lowest BCUT2D eigenvalue weighted by molar-refractivity contribution is -0.142. The Morgan fingerprint density at radius 1 is 1.47 bits per heavy atom. The molecule has 1 N–H and O–H groups in total. The fraction of sp³-hybridized carbons (Fsp3) is 0.900. The van der Waals surface area contributed by atoms with Gasteiger partial charge in [-0.15, -0.1) is 0 Å². The monoisotopic (exact) mass is 214 g/mol. The minimum absolute atomic E-state index is 0.0648. The van der Waals surface area contributed by atoms with E-state index in [-0.39, 0.29) is 12.5 Å². The van der Waals surface area contributed by atoms with Gasteiger partial charge in [0.15, 0.2) is 0 Å². The highest BCUT2D eigenvalue weighted by Crippen LogP contribution is 2.19. The van der Waals surface area contributed by atoms with E-state index in [0.29, 0.717) is 12.6 Å². The standard InChI is InChI=1S/C10H18N2O3/c1-11-2-3-12-8(4-10(13)14)6-15-7-9(12)5-11/h8-9H,2-7H2,1H3,(H,13,14). The molecule has 0 bridgehead atoms. The third kappa shape index (κ3) is 2.48. The van der Waals surface area contributed by atoms with Crippen molar-refractivity contribution in [2.75, 3.05) is 39.9 Å². The second kappa shape index (κ2) is 4.47. The van der Waals surface area contributed by atoms with Crippen LogP contribution in [0, 0.1) is 0 Å². The van der Waals surface area contributed by atoms with Gasteiger partial charge in [0.1, 0.15) is 0 Å². The van der Waals surface area contributed by atoms with E-state index in [1.54, 1.807) is 0 Å². The lowest BCUT2D eigenvalue weighted by Crippen LogP contribution is -2.61. The maximum absolute atomic E-state index is 10.7. The van der Waals surface area contributed by atoms with Crippen molar-refractivity contribution in [1.29, 1.82) is 0 Å². The number of hydrogen-bond acceptors (Lipinski definition) is 4. The van der Waals surface area contributed by atoms with Gasteiger partial charge in [-0.2, -0.15) is 0 Å². The number of aliphatic carboxylic acids is 1. The maximum Gasteiger partial charge on any atom is 0.305 e. The first-order chi connectivity index (χ1) is 7.16. The molecule has 0 aromatic heterocycles. The summed E-state index contributed by atoms with van der Waals surface area (Å²) in [5.41, 5.74) is 0. The Morgan fingerprint density at radius 2 is 2.27 bits per heavy atom. The molecular weight excluding hydrogens is 196 g/mol. The number of carbonyl (C=O) groups is 1.